The van der Waals surface area contributed by atoms with E-state index >= 15 is 0 Å². The maximum absolute atomic E-state index is 14.9. The van der Waals surface area contributed by atoms with Crippen LogP contribution in [0.3, 0.4) is 0 Å². The molecule has 0 radical (unpaired) electrons. The van der Waals surface area contributed by atoms with Crippen LogP contribution in [-0.4, -0.2) is 45.6 Å². The highest BCUT2D eigenvalue weighted by atomic mass is 19.1. The van der Waals surface area contributed by atoms with Crippen LogP contribution in [-0.2, 0) is 4.79 Å². The topological polar surface area (TPSA) is 75.5 Å². The first-order valence-corrected chi connectivity index (χ1v) is 9.94. The lowest BCUT2D eigenvalue weighted by atomic mass is 9.96. The summed E-state index contributed by atoms with van der Waals surface area (Å²) in [6.07, 6.45) is 1.94. The Morgan fingerprint density at radius 2 is 2.14 bits per heavy atom. The van der Waals surface area contributed by atoms with Gasteiger partial charge in [0, 0.05) is 43.6 Å². The van der Waals surface area contributed by atoms with Crippen molar-refractivity contribution in [3.8, 4) is 5.88 Å². The van der Waals surface area contributed by atoms with Crippen LogP contribution >= 0.6 is 0 Å². The minimum absolute atomic E-state index is 0.00957. The molecule has 1 N–H and O–H groups in total. The molecule has 1 saturated heterocycles. The maximum Gasteiger partial charge on any atom is 0.303 e. The van der Waals surface area contributed by atoms with E-state index in [1.807, 2.05) is 13.8 Å². The molecule has 2 heterocycles. The molecule has 1 fully saturated rings. The number of hydrogen-bond acceptors (Lipinski definition) is 5. The lowest BCUT2D eigenvalue weighted by Crippen LogP contribution is -2.25. The van der Waals surface area contributed by atoms with Crippen molar-refractivity contribution < 1.29 is 23.4 Å². The van der Waals surface area contributed by atoms with Crippen LogP contribution in [0.15, 0.2) is 29.5 Å². The van der Waals surface area contributed by atoms with E-state index < -0.39 is 23.5 Å². The predicted molar refractivity (Wildman–Crippen MR) is 104 cm³/mol. The number of carboxylic acid groups (broad SMARTS) is 1. The molecule has 2 unspecified atom stereocenters. The summed E-state index contributed by atoms with van der Waals surface area (Å²) in [5, 5.41) is 8.93. The summed E-state index contributed by atoms with van der Waals surface area (Å²) in [6.45, 7) is 7.12. The minimum Gasteiger partial charge on any atom is -0.481 e. The van der Waals surface area contributed by atoms with Gasteiger partial charge in [0.25, 0.3) is 0 Å². The SMILES string of the molecule is Cc1cc(OCC(C)C)nc(C2C=C(F)C(N3CCC(CC(=O)O)C3)=C(F)C2)n1. The van der Waals surface area contributed by atoms with E-state index in [-0.39, 0.29) is 24.5 Å². The number of ether oxygens (including phenoxy) is 1. The summed E-state index contributed by atoms with van der Waals surface area (Å²) in [5.41, 5.74) is 0.617. The molecule has 29 heavy (non-hydrogen) atoms. The summed E-state index contributed by atoms with van der Waals surface area (Å²) >= 11 is 0. The predicted octanol–water partition coefficient (Wildman–Crippen LogP) is 4.14. The quantitative estimate of drug-likeness (QED) is 0.732. The van der Waals surface area contributed by atoms with Gasteiger partial charge in [-0.1, -0.05) is 13.8 Å². The van der Waals surface area contributed by atoms with Crippen molar-refractivity contribution in [3.63, 3.8) is 0 Å². The van der Waals surface area contributed by atoms with Crippen molar-refractivity contribution in [2.45, 2.75) is 46.0 Å². The van der Waals surface area contributed by atoms with Crippen molar-refractivity contribution in [2.75, 3.05) is 19.7 Å². The first-order chi connectivity index (χ1) is 13.7. The highest BCUT2D eigenvalue weighted by Crippen LogP contribution is 2.39. The fourth-order valence-electron chi connectivity index (χ4n) is 3.73. The van der Waals surface area contributed by atoms with Gasteiger partial charge in [-0.2, -0.15) is 4.98 Å². The molecule has 1 aromatic heterocycles. The van der Waals surface area contributed by atoms with Crippen LogP contribution in [0.5, 0.6) is 5.88 Å². The molecule has 0 bridgehead atoms. The van der Waals surface area contributed by atoms with Crippen molar-refractivity contribution in [3.05, 3.63) is 41.0 Å². The van der Waals surface area contributed by atoms with Gasteiger partial charge in [-0.05, 0) is 31.3 Å². The highest BCUT2D eigenvalue weighted by Gasteiger charge is 2.33. The van der Waals surface area contributed by atoms with E-state index in [1.165, 1.54) is 6.08 Å². The van der Waals surface area contributed by atoms with E-state index in [0.29, 0.717) is 49.4 Å². The number of aromatic nitrogens is 2. The van der Waals surface area contributed by atoms with Gasteiger partial charge in [-0.25, -0.2) is 13.8 Å². The second kappa shape index (κ2) is 8.88. The van der Waals surface area contributed by atoms with Crippen LogP contribution in [0.4, 0.5) is 8.78 Å². The normalized spacial score (nSPS) is 22.3. The van der Waals surface area contributed by atoms with E-state index in [2.05, 4.69) is 9.97 Å². The van der Waals surface area contributed by atoms with Crippen LogP contribution in [0.1, 0.15) is 50.5 Å². The number of carbonyl (C=O) groups is 1. The first-order valence-electron chi connectivity index (χ1n) is 9.94. The van der Waals surface area contributed by atoms with Crippen molar-refractivity contribution in [2.24, 2.45) is 11.8 Å². The molecule has 0 aromatic carbocycles. The van der Waals surface area contributed by atoms with E-state index in [4.69, 9.17) is 9.84 Å². The molecule has 0 saturated carbocycles. The Morgan fingerprint density at radius 3 is 2.79 bits per heavy atom. The third kappa shape index (κ3) is 5.31. The zero-order valence-corrected chi connectivity index (χ0v) is 17.0. The van der Waals surface area contributed by atoms with Gasteiger partial charge >= 0.3 is 5.97 Å². The number of hydrogen-bond donors (Lipinski definition) is 1. The van der Waals surface area contributed by atoms with Crippen molar-refractivity contribution in [1.29, 1.82) is 0 Å². The van der Waals surface area contributed by atoms with Gasteiger partial charge in [-0.15, -0.1) is 0 Å². The van der Waals surface area contributed by atoms with Gasteiger partial charge in [0.1, 0.15) is 23.2 Å². The number of likely N-dealkylation sites (tertiary alicyclic amines) is 1. The van der Waals surface area contributed by atoms with Gasteiger partial charge < -0.3 is 14.7 Å². The molecule has 2 aliphatic rings. The molecule has 1 aliphatic carbocycles. The van der Waals surface area contributed by atoms with Gasteiger partial charge in [0.15, 0.2) is 0 Å². The second-order valence-corrected chi connectivity index (χ2v) is 8.19. The second-order valence-electron chi connectivity index (χ2n) is 8.19. The largest absolute Gasteiger partial charge is 0.481 e. The Bertz CT molecular complexity index is 838. The Labute approximate surface area is 169 Å². The standard InChI is InChI=1S/C21H27F2N3O3/c1-12(2)11-29-18-6-13(3)24-21(25-18)15-8-16(22)20(17(23)9-15)26-5-4-14(10-26)7-19(27)28/h6,8,12,14-15H,4-5,7,9-11H2,1-3H3,(H,27,28). The number of aliphatic carboxylic acids is 1. The van der Waals surface area contributed by atoms with Gasteiger partial charge in [0.05, 0.1) is 6.61 Å². The molecule has 2 atom stereocenters. The number of allylic oxidation sites excluding steroid dienone is 3. The summed E-state index contributed by atoms with van der Waals surface area (Å²) < 4.78 is 35.4. The van der Waals surface area contributed by atoms with Gasteiger partial charge in [-0.3, -0.25) is 4.79 Å². The zero-order chi connectivity index (χ0) is 21.1. The monoisotopic (exact) mass is 407 g/mol. The Morgan fingerprint density at radius 1 is 1.38 bits per heavy atom. The number of rotatable bonds is 7. The Hall–Kier alpha value is -2.51. The third-order valence-electron chi connectivity index (χ3n) is 5.04. The first kappa shape index (κ1) is 21.2. The van der Waals surface area contributed by atoms with Crippen LogP contribution in [0.2, 0.25) is 0 Å². The molecule has 158 valence electrons. The Kier molecular flexibility index (Phi) is 6.49. The molecule has 1 aromatic rings. The summed E-state index contributed by atoms with van der Waals surface area (Å²) in [4.78, 5) is 21.2. The number of carboxylic acids is 1. The van der Waals surface area contributed by atoms with E-state index in [0.717, 1.165) is 0 Å². The lowest BCUT2D eigenvalue weighted by molar-refractivity contribution is -0.138. The van der Waals surface area contributed by atoms with Crippen molar-refractivity contribution in [1.82, 2.24) is 14.9 Å². The molecule has 0 amide bonds. The smallest absolute Gasteiger partial charge is 0.303 e. The fourth-order valence-corrected chi connectivity index (χ4v) is 3.73. The molecular formula is C21H27F2N3O3. The molecule has 0 spiro atoms. The van der Waals surface area contributed by atoms with Gasteiger partial charge in [0.2, 0.25) is 5.88 Å². The molecule has 6 nitrogen and oxygen atoms in total. The zero-order valence-electron chi connectivity index (χ0n) is 17.0. The Balaban J connectivity index is 1.75. The molecule has 3 rings (SSSR count). The van der Waals surface area contributed by atoms with Crippen LogP contribution < -0.4 is 4.74 Å². The van der Waals surface area contributed by atoms with Crippen LogP contribution in [0.25, 0.3) is 0 Å². The average Bonchev–Trinajstić information content (AvgIpc) is 3.06. The number of aryl methyl sites for hydroxylation is 1. The summed E-state index contributed by atoms with van der Waals surface area (Å²) in [6, 6.07) is 1.71. The molecule has 8 heteroatoms. The minimum atomic E-state index is -0.891. The number of halogens is 2. The molecular weight excluding hydrogens is 380 g/mol. The fraction of sp³-hybridized carbons (Fsp3) is 0.571. The van der Waals surface area contributed by atoms with E-state index in [1.54, 1.807) is 17.9 Å². The highest BCUT2D eigenvalue weighted by molar-refractivity contribution is 5.67. The summed E-state index contributed by atoms with van der Waals surface area (Å²) in [5.74, 6) is -1.74. The average molecular weight is 407 g/mol. The van der Waals surface area contributed by atoms with Crippen molar-refractivity contribution >= 4 is 5.97 Å². The third-order valence-corrected chi connectivity index (χ3v) is 5.04. The maximum atomic E-state index is 14.9. The van der Waals surface area contributed by atoms with Crippen LogP contribution in [0, 0.1) is 18.8 Å². The number of nitrogens with zero attached hydrogens (tertiary/aromatic N) is 3. The van der Waals surface area contributed by atoms with E-state index in [9.17, 15) is 13.6 Å². The lowest BCUT2D eigenvalue weighted by Gasteiger charge is -2.26. The molecule has 1 aliphatic heterocycles. The summed E-state index contributed by atoms with van der Waals surface area (Å²) in [7, 11) is 0.